The van der Waals surface area contributed by atoms with Crippen molar-refractivity contribution in [3.05, 3.63) is 18.0 Å². The predicted octanol–water partition coefficient (Wildman–Crippen LogP) is -0.0536. The highest BCUT2D eigenvalue weighted by Crippen LogP contribution is 2.35. The number of hydrogen-bond donors (Lipinski definition) is 1. The van der Waals surface area contributed by atoms with E-state index in [9.17, 15) is 18.7 Å². The van der Waals surface area contributed by atoms with Crippen molar-refractivity contribution in [2.45, 2.75) is 24.4 Å². The van der Waals surface area contributed by atoms with Crippen molar-refractivity contribution >= 4 is 5.91 Å². The van der Waals surface area contributed by atoms with Crippen molar-refractivity contribution in [1.82, 2.24) is 19.6 Å². The smallest absolute Gasteiger partial charge is 0.272 e. The Balaban J connectivity index is 1.61. The van der Waals surface area contributed by atoms with E-state index in [4.69, 9.17) is 0 Å². The fourth-order valence-electron chi connectivity index (χ4n) is 3.10. The molecule has 3 rings (SSSR count). The fourth-order valence-corrected chi connectivity index (χ4v) is 3.10. The summed E-state index contributed by atoms with van der Waals surface area (Å²) in [5.74, 6) is -2.89. The van der Waals surface area contributed by atoms with Gasteiger partial charge < -0.3 is 10.0 Å². The number of aliphatic hydroxyl groups is 1. The second kappa shape index (κ2) is 5.03. The average Bonchev–Trinajstić information content (AvgIpc) is 2.90. The van der Waals surface area contributed by atoms with Gasteiger partial charge in [-0.3, -0.25) is 14.4 Å². The number of carbonyl (C=O) groups is 1. The van der Waals surface area contributed by atoms with Gasteiger partial charge in [0.2, 0.25) is 0 Å². The van der Waals surface area contributed by atoms with Crippen molar-refractivity contribution in [1.29, 1.82) is 0 Å². The average molecular weight is 300 g/mol. The van der Waals surface area contributed by atoms with Crippen LogP contribution in [0.3, 0.4) is 0 Å². The summed E-state index contributed by atoms with van der Waals surface area (Å²) in [7, 11) is 1.69. The summed E-state index contributed by atoms with van der Waals surface area (Å²) >= 11 is 0. The predicted molar refractivity (Wildman–Crippen MR) is 70.0 cm³/mol. The molecule has 1 atom stereocenters. The molecule has 2 aliphatic rings. The number of likely N-dealkylation sites (tertiary alicyclic amines) is 2. The first-order chi connectivity index (χ1) is 9.91. The summed E-state index contributed by atoms with van der Waals surface area (Å²) in [6.45, 7) is 0.214. The van der Waals surface area contributed by atoms with Crippen molar-refractivity contribution in [3.63, 3.8) is 0 Å². The maximum Gasteiger partial charge on any atom is 0.272 e. The van der Waals surface area contributed by atoms with Crippen molar-refractivity contribution < 1.29 is 18.7 Å². The first-order valence-electron chi connectivity index (χ1n) is 6.93. The molecule has 2 fully saturated rings. The summed E-state index contributed by atoms with van der Waals surface area (Å²) in [5, 5.41) is 13.2. The molecule has 1 aromatic rings. The third-order valence-corrected chi connectivity index (χ3v) is 4.29. The van der Waals surface area contributed by atoms with Gasteiger partial charge in [-0.2, -0.15) is 5.10 Å². The standard InChI is InChI=1S/C13H18F2N4O2/c1-17-11(2-3-16-17)12(21)18-5-10(6-18)19-8-13(14,15)4-9(19)7-20/h2-3,9-10,20H,4-8H2,1H3/t9-/m0/s1. The van der Waals surface area contributed by atoms with Gasteiger partial charge >= 0.3 is 0 Å². The number of nitrogens with zero attached hydrogens (tertiary/aromatic N) is 4. The zero-order valence-corrected chi connectivity index (χ0v) is 11.7. The molecule has 0 saturated carbocycles. The number of hydrogen-bond acceptors (Lipinski definition) is 4. The van der Waals surface area contributed by atoms with E-state index in [1.807, 2.05) is 0 Å². The zero-order valence-electron chi connectivity index (χ0n) is 11.7. The molecule has 1 amide bonds. The molecule has 0 spiro atoms. The third kappa shape index (κ3) is 2.53. The first kappa shape index (κ1) is 14.4. The van der Waals surface area contributed by atoms with E-state index in [0.717, 1.165) is 0 Å². The number of rotatable bonds is 3. The maximum atomic E-state index is 13.4. The molecule has 21 heavy (non-hydrogen) atoms. The van der Waals surface area contributed by atoms with Crippen LogP contribution in [0.25, 0.3) is 0 Å². The number of aromatic nitrogens is 2. The van der Waals surface area contributed by atoms with E-state index in [2.05, 4.69) is 5.10 Å². The lowest BCUT2D eigenvalue weighted by Gasteiger charge is -2.45. The minimum absolute atomic E-state index is 0.104. The van der Waals surface area contributed by atoms with E-state index in [-0.39, 0.29) is 31.5 Å². The molecule has 0 unspecified atom stereocenters. The number of aryl methyl sites for hydroxylation is 1. The van der Waals surface area contributed by atoms with Crippen LogP contribution >= 0.6 is 0 Å². The number of aliphatic hydroxyl groups excluding tert-OH is 1. The normalized spacial score (nSPS) is 26.1. The lowest BCUT2D eigenvalue weighted by Crippen LogP contribution is -2.62. The molecule has 0 bridgehead atoms. The molecular weight excluding hydrogens is 282 g/mol. The van der Waals surface area contributed by atoms with Gasteiger partial charge in [0.1, 0.15) is 5.69 Å². The highest BCUT2D eigenvalue weighted by atomic mass is 19.3. The van der Waals surface area contributed by atoms with E-state index < -0.39 is 12.0 Å². The van der Waals surface area contributed by atoms with Crippen LogP contribution in [0.2, 0.25) is 0 Å². The van der Waals surface area contributed by atoms with Gasteiger partial charge in [-0.1, -0.05) is 0 Å². The Morgan fingerprint density at radius 3 is 2.81 bits per heavy atom. The molecular formula is C13H18F2N4O2. The van der Waals surface area contributed by atoms with E-state index >= 15 is 0 Å². The number of alkyl halides is 2. The van der Waals surface area contributed by atoms with Gasteiger partial charge in [0, 0.05) is 44.8 Å². The summed E-state index contributed by atoms with van der Waals surface area (Å²) < 4.78 is 28.4. The topological polar surface area (TPSA) is 61.6 Å². The Morgan fingerprint density at radius 2 is 2.24 bits per heavy atom. The van der Waals surface area contributed by atoms with Crippen molar-refractivity contribution in [3.8, 4) is 0 Å². The Morgan fingerprint density at radius 1 is 1.52 bits per heavy atom. The fraction of sp³-hybridized carbons (Fsp3) is 0.692. The number of halogens is 2. The number of amides is 1. The second-order valence-corrected chi connectivity index (χ2v) is 5.77. The Hall–Kier alpha value is -1.54. The van der Waals surface area contributed by atoms with Crippen molar-refractivity contribution in [2.24, 2.45) is 7.05 Å². The van der Waals surface area contributed by atoms with Gasteiger partial charge in [-0.05, 0) is 6.07 Å². The van der Waals surface area contributed by atoms with Crippen LogP contribution in [0, 0.1) is 0 Å². The minimum Gasteiger partial charge on any atom is -0.395 e. The molecule has 1 aromatic heterocycles. The molecule has 6 nitrogen and oxygen atoms in total. The summed E-state index contributed by atoms with van der Waals surface area (Å²) in [4.78, 5) is 15.4. The second-order valence-electron chi connectivity index (χ2n) is 5.77. The lowest BCUT2D eigenvalue weighted by atomic mass is 10.1. The van der Waals surface area contributed by atoms with Crippen LogP contribution in [-0.2, 0) is 7.05 Å². The van der Waals surface area contributed by atoms with Crippen LogP contribution in [0.4, 0.5) is 8.78 Å². The molecule has 116 valence electrons. The van der Waals surface area contributed by atoms with Crippen LogP contribution in [0.15, 0.2) is 12.3 Å². The van der Waals surface area contributed by atoms with E-state index in [1.54, 1.807) is 29.1 Å². The number of carbonyl (C=O) groups excluding carboxylic acids is 1. The maximum absolute atomic E-state index is 13.4. The summed E-state index contributed by atoms with van der Waals surface area (Å²) in [5.41, 5.74) is 0.485. The van der Waals surface area contributed by atoms with Gasteiger partial charge in [-0.25, -0.2) is 8.78 Å². The summed E-state index contributed by atoms with van der Waals surface area (Å²) in [6, 6.07) is 1.02. The Labute approximate surface area is 120 Å². The molecule has 0 radical (unpaired) electrons. The Kier molecular flexibility index (Phi) is 3.45. The highest BCUT2D eigenvalue weighted by molar-refractivity contribution is 5.93. The largest absolute Gasteiger partial charge is 0.395 e. The lowest BCUT2D eigenvalue weighted by molar-refractivity contribution is -0.0127. The molecule has 0 aliphatic carbocycles. The molecule has 0 aromatic carbocycles. The van der Waals surface area contributed by atoms with E-state index in [1.165, 1.54) is 4.68 Å². The summed E-state index contributed by atoms with van der Waals surface area (Å²) in [6.07, 6.45) is 1.24. The van der Waals surface area contributed by atoms with Crippen LogP contribution < -0.4 is 0 Å². The molecule has 8 heteroatoms. The highest BCUT2D eigenvalue weighted by Gasteiger charge is 2.50. The van der Waals surface area contributed by atoms with Crippen LogP contribution in [0.5, 0.6) is 0 Å². The SMILES string of the molecule is Cn1nccc1C(=O)N1CC(N2CC(F)(F)C[C@H]2CO)C1. The monoisotopic (exact) mass is 300 g/mol. The molecule has 3 heterocycles. The van der Waals surface area contributed by atoms with Crippen LogP contribution in [-0.4, -0.2) is 74.8 Å². The molecule has 2 aliphatic heterocycles. The quantitative estimate of drug-likeness (QED) is 0.850. The van der Waals surface area contributed by atoms with Crippen LogP contribution in [0.1, 0.15) is 16.9 Å². The zero-order chi connectivity index (χ0) is 15.2. The Bertz CT molecular complexity index is 542. The first-order valence-corrected chi connectivity index (χ1v) is 6.93. The van der Waals surface area contributed by atoms with Gasteiger partial charge in [0.05, 0.1) is 13.2 Å². The minimum atomic E-state index is -2.75. The molecule has 1 N–H and O–H groups in total. The van der Waals surface area contributed by atoms with Gasteiger partial charge in [-0.15, -0.1) is 0 Å². The van der Waals surface area contributed by atoms with E-state index in [0.29, 0.717) is 18.8 Å². The van der Waals surface area contributed by atoms with Gasteiger partial charge in [0.25, 0.3) is 11.8 Å². The molecule has 2 saturated heterocycles. The third-order valence-electron chi connectivity index (χ3n) is 4.29. The van der Waals surface area contributed by atoms with Crippen molar-refractivity contribution in [2.75, 3.05) is 26.2 Å². The van der Waals surface area contributed by atoms with Gasteiger partial charge in [0.15, 0.2) is 0 Å².